The van der Waals surface area contributed by atoms with Crippen molar-refractivity contribution in [2.24, 2.45) is 11.3 Å². The minimum atomic E-state index is 0.439. The maximum Gasteiger partial charge on any atom is 0.00996 e. The summed E-state index contributed by atoms with van der Waals surface area (Å²) in [6.07, 6.45) is 13.0. The van der Waals surface area contributed by atoms with Crippen LogP contribution in [0.5, 0.6) is 0 Å². The van der Waals surface area contributed by atoms with Gasteiger partial charge in [0.25, 0.3) is 0 Å². The molecular formula is C14H20. The molecule has 2 bridgehead atoms. The molecule has 0 nitrogen and oxygen atoms in total. The predicted molar refractivity (Wildman–Crippen MR) is 62.1 cm³/mol. The van der Waals surface area contributed by atoms with Crippen molar-refractivity contribution in [3.63, 3.8) is 0 Å². The summed E-state index contributed by atoms with van der Waals surface area (Å²) in [5.41, 5.74) is 3.75. The second kappa shape index (κ2) is 3.42. The molecule has 0 spiro atoms. The molecule has 1 fully saturated rings. The van der Waals surface area contributed by atoms with Gasteiger partial charge in [0.05, 0.1) is 0 Å². The van der Waals surface area contributed by atoms with Crippen molar-refractivity contribution in [2.45, 2.75) is 40.0 Å². The molecule has 14 heavy (non-hydrogen) atoms. The predicted octanol–water partition coefficient (Wildman–Crippen LogP) is 4.26. The monoisotopic (exact) mass is 188 g/mol. The van der Waals surface area contributed by atoms with Gasteiger partial charge in [-0.15, -0.1) is 0 Å². The minimum absolute atomic E-state index is 0.439. The van der Waals surface area contributed by atoms with E-state index in [1.54, 1.807) is 11.1 Å². The van der Waals surface area contributed by atoms with Crippen molar-refractivity contribution in [3.05, 3.63) is 35.5 Å². The van der Waals surface area contributed by atoms with Gasteiger partial charge in [-0.2, -0.15) is 0 Å². The van der Waals surface area contributed by atoms with E-state index in [-0.39, 0.29) is 0 Å². The summed E-state index contributed by atoms with van der Waals surface area (Å²) in [6.45, 7) is 6.72. The zero-order valence-electron chi connectivity index (χ0n) is 9.51. The highest BCUT2D eigenvalue weighted by atomic mass is 14.5. The molecule has 0 aliphatic heterocycles. The highest BCUT2D eigenvalue weighted by molar-refractivity contribution is 5.37. The van der Waals surface area contributed by atoms with Crippen LogP contribution in [-0.4, -0.2) is 0 Å². The van der Waals surface area contributed by atoms with E-state index in [4.69, 9.17) is 0 Å². The standard InChI is InChI=1S/C14H20/c1-4-5-6-8-14-9-7-13(10-14)11(2)12(14)3/h4-6,8,13H,7,9-10H2,1-3H3. The Hall–Kier alpha value is -0.780. The van der Waals surface area contributed by atoms with Gasteiger partial charge in [0, 0.05) is 5.41 Å². The first-order chi connectivity index (χ1) is 6.69. The molecule has 2 aliphatic rings. The van der Waals surface area contributed by atoms with Crippen LogP contribution >= 0.6 is 0 Å². The Morgan fingerprint density at radius 2 is 2.07 bits per heavy atom. The molecule has 0 aromatic rings. The molecule has 0 radical (unpaired) electrons. The van der Waals surface area contributed by atoms with E-state index >= 15 is 0 Å². The normalized spacial score (nSPS) is 36.9. The highest BCUT2D eigenvalue weighted by Crippen LogP contribution is 2.57. The van der Waals surface area contributed by atoms with Gasteiger partial charge < -0.3 is 0 Å². The van der Waals surface area contributed by atoms with Crippen LogP contribution in [0.4, 0.5) is 0 Å². The molecule has 0 amide bonds. The molecule has 1 saturated carbocycles. The van der Waals surface area contributed by atoms with Crippen molar-refractivity contribution < 1.29 is 0 Å². The van der Waals surface area contributed by atoms with Crippen molar-refractivity contribution in [1.29, 1.82) is 0 Å². The summed E-state index contributed by atoms with van der Waals surface area (Å²) < 4.78 is 0. The third-order valence-electron chi connectivity index (χ3n) is 4.22. The van der Waals surface area contributed by atoms with E-state index in [2.05, 4.69) is 45.1 Å². The van der Waals surface area contributed by atoms with Gasteiger partial charge in [-0.25, -0.2) is 0 Å². The van der Waals surface area contributed by atoms with Crippen molar-refractivity contribution in [2.75, 3.05) is 0 Å². The first-order valence-electron chi connectivity index (χ1n) is 5.68. The Labute approximate surface area is 87.4 Å². The van der Waals surface area contributed by atoms with Gasteiger partial charge in [-0.3, -0.25) is 0 Å². The maximum atomic E-state index is 2.43. The average molecular weight is 188 g/mol. The number of rotatable bonds is 2. The number of hydrogen-bond donors (Lipinski definition) is 0. The fourth-order valence-corrected chi connectivity index (χ4v) is 3.11. The molecular weight excluding hydrogens is 168 g/mol. The van der Waals surface area contributed by atoms with E-state index in [1.165, 1.54) is 19.3 Å². The van der Waals surface area contributed by atoms with Crippen LogP contribution in [-0.2, 0) is 0 Å². The zero-order valence-corrected chi connectivity index (χ0v) is 9.51. The quantitative estimate of drug-likeness (QED) is 0.449. The lowest BCUT2D eigenvalue weighted by Gasteiger charge is -2.25. The third-order valence-corrected chi connectivity index (χ3v) is 4.22. The van der Waals surface area contributed by atoms with Crippen LogP contribution in [0.25, 0.3) is 0 Å². The molecule has 0 heteroatoms. The van der Waals surface area contributed by atoms with Crippen LogP contribution in [0, 0.1) is 11.3 Å². The van der Waals surface area contributed by atoms with E-state index in [0.717, 1.165) is 5.92 Å². The summed E-state index contributed by atoms with van der Waals surface area (Å²) in [7, 11) is 0. The molecule has 0 aromatic heterocycles. The summed E-state index contributed by atoms with van der Waals surface area (Å²) in [4.78, 5) is 0. The molecule has 0 N–H and O–H groups in total. The zero-order chi connectivity index (χ0) is 10.2. The second-order valence-corrected chi connectivity index (χ2v) is 4.79. The minimum Gasteiger partial charge on any atom is -0.0877 e. The SMILES string of the molecule is CC=CC=CC12CCC(C1)C(C)=C2C. The Morgan fingerprint density at radius 3 is 2.64 bits per heavy atom. The van der Waals surface area contributed by atoms with Crippen LogP contribution < -0.4 is 0 Å². The van der Waals surface area contributed by atoms with Gasteiger partial charge in [0.2, 0.25) is 0 Å². The molecule has 2 aliphatic carbocycles. The van der Waals surface area contributed by atoms with Crippen LogP contribution in [0.1, 0.15) is 40.0 Å². The lowest BCUT2D eigenvalue weighted by molar-refractivity contribution is 0.490. The Kier molecular flexibility index (Phi) is 2.38. The van der Waals surface area contributed by atoms with Gasteiger partial charge >= 0.3 is 0 Å². The van der Waals surface area contributed by atoms with E-state index in [0.29, 0.717) is 5.41 Å². The average Bonchev–Trinajstić information content (AvgIpc) is 2.69. The summed E-state index contributed by atoms with van der Waals surface area (Å²) in [5.74, 6) is 0.894. The van der Waals surface area contributed by atoms with Crippen LogP contribution in [0.15, 0.2) is 35.5 Å². The number of fused-ring (bicyclic) bond motifs is 2. The number of allylic oxidation sites excluding steroid dienone is 6. The Bertz CT molecular complexity index is 317. The topological polar surface area (TPSA) is 0 Å². The summed E-state index contributed by atoms with van der Waals surface area (Å²) >= 11 is 0. The largest absolute Gasteiger partial charge is 0.0877 e. The number of hydrogen-bond acceptors (Lipinski definition) is 0. The molecule has 2 atom stereocenters. The maximum absolute atomic E-state index is 2.43. The van der Waals surface area contributed by atoms with Gasteiger partial charge in [0.1, 0.15) is 0 Å². The van der Waals surface area contributed by atoms with E-state index in [9.17, 15) is 0 Å². The molecule has 2 unspecified atom stereocenters. The third kappa shape index (κ3) is 1.28. The Morgan fingerprint density at radius 1 is 1.29 bits per heavy atom. The first-order valence-corrected chi connectivity index (χ1v) is 5.68. The molecule has 2 rings (SSSR count). The highest BCUT2D eigenvalue weighted by Gasteiger charge is 2.45. The van der Waals surface area contributed by atoms with Gasteiger partial charge in [0.15, 0.2) is 0 Å². The fraction of sp³-hybridized carbons (Fsp3) is 0.571. The lowest BCUT2D eigenvalue weighted by atomic mass is 9.79. The molecule has 0 saturated heterocycles. The molecule has 76 valence electrons. The smallest absolute Gasteiger partial charge is 0.00996 e. The van der Waals surface area contributed by atoms with Gasteiger partial charge in [-0.1, -0.05) is 35.5 Å². The van der Waals surface area contributed by atoms with E-state index < -0.39 is 0 Å². The summed E-state index contributed by atoms with van der Waals surface area (Å²) in [5, 5.41) is 0. The lowest BCUT2D eigenvalue weighted by Crippen LogP contribution is -2.13. The van der Waals surface area contributed by atoms with Crippen molar-refractivity contribution in [1.82, 2.24) is 0 Å². The Balaban J connectivity index is 2.25. The fourth-order valence-electron chi connectivity index (χ4n) is 3.11. The van der Waals surface area contributed by atoms with E-state index in [1.807, 2.05) is 0 Å². The second-order valence-electron chi connectivity index (χ2n) is 4.79. The van der Waals surface area contributed by atoms with Crippen LogP contribution in [0.3, 0.4) is 0 Å². The molecule has 0 aromatic carbocycles. The molecule has 0 heterocycles. The van der Waals surface area contributed by atoms with Crippen molar-refractivity contribution in [3.8, 4) is 0 Å². The first kappa shape index (κ1) is 9.76. The van der Waals surface area contributed by atoms with Crippen LogP contribution in [0.2, 0.25) is 0 Å². The van der Waals surface area contributed by atoms with Crippen molar-refractivity contribution >= 4 is 0 Å². The summed E-state index contributed by atoms with van der Waals surface area (Å²) in [6, 6.07) is 0. The van der Waals surface area contributed by atoms with Gasteiger partial charge in [-0.05, 0) is 46.0 Å².